The number of phosphoric ester groups is 1. The number of nitrogen functional groups attached to an aromatic ring is 2. The molecule has 0 saturated carbocycles. The molecule has 4 rings (SSSR count). The summed E-state index contributed by atoms with van der Waals surface area (Å²) in [5.74, 6) is -0.767. The normalized spacial score (nSPS) is 22.8. The largest absolute Gasteiger partial charge is 0.490 e. The van der Waals surface area contributed by atoms with Crippen molar-refractivity contribution < 1.29 is 60.7 Å². The Morgan fingerprint density at radius 3 is 2.46 bits per heavy atom. The number of imidazole rings is 1. The fourth-order valence-corrected chi connectivity index (χ4v) is 6.61. The molecule has 1 aromatic carbocycles. The maximum absolute atomic E-state index is 12.8. The Hall–Kier alpha value is -2.79. The number of fused-ring (bicyclic) bond motifs is 1. The second-order valence-electron chi connectivity index (χ2n) is 7.87. The lowest BCUT2D eigenvalue weighted by molar-refractivity contribution is -0.0489. The Morgan fingerprint density at radius 2 is 1.77 bits per heavy atom. The number of hydrogen-bond donors (Lipinski definition) is 6. The number of nitrogens with two attached hydrogens (primary N) is 2. The second kappa shape index (κ2) is 11.0. The van der Waals surface area contributed by atoms with Crippen molar-refractivity contribution in [3.63, 3.8) is 0 Å². The molecule has 0 spiro atoms. The van der Waals surface area contributed by atoms with Crippen LogP contribution in [0.15, 0.2) is 36.9 Å². The Morgan fingerprint density at radius 1 is 1.05 bits per heavy atom. The molecule has 1 fully saturated rings. The van der Waals surface area contributed by atoms with Crippen molar-refractivity contribution in [1.29, 1.82) is 0 Å². The van der Waals surface area contributed by atoms with Gasteiger partial charge in [-0.1, -0.05) is 12.1 Å². The number of carbonyl (C=O) groups excluding carboxylic acids is 1. The minimum absolute atomic E-state index is 0.0289. The lowest BCUT2D eigenvalue weighted by atomic mass is 10.1. The summed E-state index contributed by atoms with van der Waals surface area (Å²) >= 11 is 0. The van der Waals surface area contributed by atoms with Gasteiger partial charge in [-0.3, -0.25) is 9.09 Å². The highest BCUT2D eigenvalue weighted by atomic mass is 31.3. The molecular formula is C17H21N6O13P3. The average Bonchev–Trinajstić information content (AvgIpc) is 3.40. The van der Waals surface area contributed by atoms with Crippen molar-refractivity contribution in [2.45, 2.75) is 24.9 Å². The lowest BCUT2D eigenvalue weighted by Gasteiger charge is -2.21. The number of rotatable bonds is 10. The second-order valence-corrected chi connectivity index (χ2v) is 12.3. The fraction of sp³-hybridized carbons (Fsp3) is 0.294. The molecule has 1 saturated heterocycles. The van der Waals surface area contributed by atoms with E-state index in [1.54, 1.807) is 12.1 Å². The standard InChI is InChI=1S/C17H21N6O13P3/c18-10-4-2-1-3-9(10)17(24)34-11-5-13(23-8-22-14-15(19)20-7-21-16(14)23)33-12(11)6-32-38(28,29)36-39(30,31)35-37(25,26)27/h1-4,7-8,11-13H,5-6,18H2,(H,28,29)(H,30,31)(H2,19,20,21)(H2,25,26,27)/t11-,12+,13+/m0/s1. The van der Waals surface area contributed by atoms with Crippen LogP contribution in [-0.4, -0.2) is 63.9 Å². The van der Waals surface area contributed by atoms with Crippen LogP contribution >= 0.6 is 23.5 Å². The van der Waals surface area contributed by atoms with Crippen molar-refractivity contribution in [3.8, 4) is 0 Å². The van der Waals surface area contributed by atoms with Crippen molar-refractivity contribution in [2.75, 3.05) is 18.1 Å². The number of nitrogens with zero attached hydrogens (tertiary/aromatic N) is 4. The van der Waals surface area contributed by atoms with Gasteiger partial charge in [0.15, 0.2) is 11.5 Å². The zero-order valence-corrected chi connectivity index (χ0v) is 22.0. The first-order valence-corrected chi connectivity index (χ1v) is 15.1. The van der Waals surface area contributed by atoms with Gasteiger partial charge in [0.2, 0.25) is 0 Å². The molecule has 1 aliphatic rings. The molecule has 2 aromatic heterocycles. The van der Waals surface area contributed by atoms with E-state index in [0.717, 1.165) is 0 Å². The van der Waals surface area contributed by atoms with E-state index in [4.69, 9.17) is 30.7 Å². The van der Waals surface area contributed by atoms with Crippen LogP contribution in [0.2, 0.25) is 0 Å². The van der Waals surface area contributed by atoms with Gasteiger partial charge in [-0.2, -0.15) is 8.62 Å². The molecule has 8 N–H and O–H groups in total. The van der Waals surface area contributed by atoms with Crippen molar-refractivity contribution in [2.24, 2.45) is 0 Å². The number of para-hydroxylation sites is 1. The number of aromatic nitrogens is 4. The van der Waals surface area contributed by atoms with Crippen LogP contribution in [0.3, 0.4) is 0 Å². The summed E-state index contributed by atoms with van der Waals surface area (Å²) in [6.07, 6.45) is -0.897. The number of carbonyl (C=O) groups is 1. The first-order valence-electron chi connectivity index (χ1n) is 10.6. The average molecular weight is 610 g/mol. The monoisotopic (exact) mass is 610 g/mol. The molecule has 0 aliphatic carbocycles. The molecule has 2 unspecified atom stereocenters. The van der Waals surface area contributed by atoms with Gasteiger partial charge in [0.25, 0.3) is 0 Å². The van der Waals surface area contributed by atoms with Gasteiger partial charge in [0, 0.05) is 12.1 Å². The summed E-state index contributed by atoms with van der Waals surface area (Å²) in [6.45, 7) is -0.869. The quantitative estimate of drug-likeness (QED) is 0.105. The summed E-state index contributed by atoms with van der Waals surface area (Å²) in [5.41, 5.74) is 12.3. The summed E-state index contributed by atoms with van der Waals surface area (Å²) < 4.78 is 59.6. The van der Waals surface area contributed by atoms with Crippen LogP contribution in [0.5, 0.6) is 0 Å². The first kappa shape index (κ1) is 29.2. The Bertz CT molecular complexity index is 1530. The van der Waals surface area contributed by atoms with Crippen molar-refractivity contribution >= 4 is 52.1 Å². The highest BCUT2D eigenvalue weighted by molar-refractivity contribution is 7.66. The van der Waals surface area contributed by atoms with Gasteiger partial charge in [-0.05, 0) is 12.1 Å². The maximum Gasteiger partial charge on any atom is 0.490 e. The number of hydrogen-bond acceptors (Lipinski definition) is 14. The molecule has 22 heteroatoms. The predicted octanol–water partition coefficient (Wildman–Crippen LogP) is 0.847. The number of anilines is 2. The number of ether oxygens (including phenoxy) is 2. The molecule has 3 heterocycles. The Balaban J connectivity index is 1.54. The van der Waals surface area contributed by atoms with Gasteiger partial charge in [0.05, 0.1) is 18.5 Å². The maximum atomic E-state index is 12.8. The molecule has 39 heavy (non-hydrogen) atoms. The number of esters is 1. The van der Waals surface area contributed by atoms with Crippen molar-refractivity contribution in [1.82, 2.24) is 19.5 Å². The van der Waals surface area contributed by atoms with E-state index in [-0.39, 0.29) is 34.7 Å². The van der Waals surface area contributed by atoms with Crippen LogP contribution in [0.1, 0.15) is 23.0 Å². The highest BCUT2D eigenvalue weighted by Crippen LogP contribution is 2.66. The van der Waals surface area contributed by atoms with E-state index >= 15 is 0 Å². The van der Waals surface area contributed by atoms with Gasteiger partial charge >= 0.3 is 29.4 Å². The van der Waals surface area contributed by atoms with Crippen LogP contribution in [0, 0.1) is 0 Å². The number of phosphoric acid groups is 3. The highest BCUT2D eigenvalue weighted by Gasteiger charge is 2.44. The van der Waals surface area contributed by atoms with E-state index in [2.05, 4.69) is 28.1 Å². The molecule has 3 aromatic rings. The third-order valence-corrected chi connectivity index (χ3v) is 8.94. The Labute approximate surface area is 218 Å². The van der Waals surface area contributed by atoms with E-state index in [9.17, 15) is 28.3 Å². The van der Waals surface area contributed by atoms with Crippen LogP contribution in [0.25, 0.3) is 11.2 Å². The minimum Gasteiger partial charge on any atom is -0.456 e. The van der Waals surface area contributed by atoms with Crippen LogP contribution < -0.4 is 11.5 Å². The van der Waals surface area contributed by atoms with Gasteiger partial charge in [0.1, 0.15) is 30.3 Å². The Kier molecular flexibility index (Phi) is 8.23. The van der Waals surface area contributed by atoms with Crippen molar-refractivity contribution in [3.05, 3.63) is 42.5 Å². The van der Waals surface area contributed by atoms with E-state index in [0.29, 0.717) is 0 Å². The van der Waals surface area contributed by atoms with E-state index < -0.39 is 54.5 Å². The molecule has 0 amide bonds. The zero-order chi connectivity index (χ0) is 28.6. The molecule has 212 valence electrons. The summed E-state index contributed by atoms with van der Waals surface area (Å²) in [6, 6.07) is 6.04. The number of benzene rings is 1. The van der Waals surface area contributed by atoms with Gasteiger partial charge in [-0.25, -0.2) is 33.4 Å². The molecule has 0 bridgehead atoms. The fourth-order valence-electron chi connectivity index (χ4n) is 3.58. The van der Waals surface area contributed by atoms with Crippen LogP contribution in [-0.2, 0) is 36.3 Å². The SMILES string of the molecule is Nc1ccccc1C(=O)O[C@H]1C[C@H](n2cnc3c(N)ncnc32)O[C@@H]1COP(=O)(O)OP(=O)(O)OP(=O)(O)O. The van der Waals surface area contributed by atoms with E-state index in [1.807, 2.05) is 0 Å². The third-order valence-electron chi connectivity index (χ3n) is 5.13. The van der Waals surface area contributed by atoms with Gasteiger partial charge in [-0.15, -0.1) is 0 Å². The zero-order valence-electron chi connectivity index (χ0n) is 19.4. The minimum atomic E-state index is -5.74. The topological polar surface area (TPSA) is 291 Å². The first-order chi connectivity index (χ1) is 18.1. The van der Waals surface area contributed by atoms with E-state index in [1.165, 1.54) is 29.4 Å². The lowest BCUT2D eigenvalue weighted by Crippen LogP contribution is -2.31. The summed E-state index contributed by atoms with van der Waals surface area (Å²) in [4.78, 5) is 61.4. The molecular weight excluding hydrogens is 589 g/mol. The molecule has 19 nitrogen and oxygen atoms in total. The van der Waals surface area contributed by atoms with Gasteiger partial charge < -0.3 is 40.5 Å². The van der Waals surface area contributed by atoms with Crippen LogP contribution in [0.4, 0.5) is 11.5 Å². The molecule has 0 radical (unpaired) electrons. The summed E-state index contributed by atoms with van der Waals surface area (Å²) in [5, 5.41) is 0. The summed E-state index contributed by atoms with van der Waals surface area (Å²) in [7, 11) is -16.8. The molecule has 1 aliphatic heterocycles. The third kappa shape index (κ3) is 7.25. The molecule has 5 atom stereocenters. The predicted molar refractivity (Wildman–Crippen MR) is 128 cm³/mol. The smallest absolute Gasteiger partial charge is 0.456 e.